The van der Waals surface area contributed by atoms with E-state index in [1.54, 1.807) is 6.07 Å². The minimum atomic E-state index is -0.784. The van der Waals surface area contributed by atoms with Crippen molar-refractivity contribution in [3.05, 3.63) is 35.4 Å². The summed E-state index contributed by atoms with van der Waals surface area (Å²) in [4.78, 5) is 0. The zero-order valence-corrected chi connectivity index (χ0v) is 11.2. The van der Waals surface area contributed by atoms with Crippen LogP contribution < -0.4 is 5.32 Å². The first-order chi connectivity index (χ1) is 8.49. The molecule has 4 atom stereocenters. The van der Waals surface area contributed by atoms with Crippen LogP contribution in [0.2, 0.25) is 0 Å². The molecule has 1 aliphatic carbocycles. The quantitative estimate of drug-likeness (QED) is 0.857. The lowest BCUT2D eigenvalue weighted by molar-refractivity contribution is 0.346. The maximum Gasteiger partial charge on any atom is 0.159 e. The highest BCUT2D eigenvalue weighted by atomic mass is 19.2. The molecular weight excluding hydrogens is 232 g/mol. The molecule has 0 spiro atoms. The van der Waals surface area contributed by atoms with Gasteiger partial charge in [-0.1, -0.05) is 19.9 Å². The van der Waals surface area contributed by atoms with Crippen LogP contribution in [0.5, 0.6) is 0 Å². The summed E-state index contributed by atoms with van der Waals surface area (Å²) in [6.07, 6.45) is 2.40. The molecule has 4 unspecified atom stereocenters. The van der Waals surface area contributed by atoms with E-state index in [-0.39, 0.29) is 6.04 Å². The van der Waals surface area contributed by atoms with Crippen molar-refractivity contribution >= 4 is 0 Å². The van der Waals surface area contributed by atoms with Crippen molar-refractivity contribution < 1.29 is 8.78 Å². The molecule has 1 aliphatic rings. The van der Waals surface area contributed by atoms with Crippen LogP contribution in [0.25, 0.3) is 0 Å². The average Bonchev–Trinajstić information content (AvgIpc) is 2.64. The van der Waals surface area contributed by atoms with Gasteiger partial charge in [-0.15, -0.1) is 0 Å². The highest BCUT2D eigenvalue weighted by Gasteiger charge is 2.30. The van der Waals surface area contributed by atoms with Gasteiger partial charge in [-0.2, -0.15) is 0 Å². The molecule has 100 valence electrons. The number of hydrogen-bond acceptors (Lipinski definition) is 1. The van der Waals surface area contributed by atoms with Crippen LogP contribution in [0.4, 0.5) is 8.78 Å². The molecule has 1 fully saturated rings. The minimum Gasteiger partial charge on any atom is -0.307 e. The smallest absolute Gasteiger partial charge is 0.159 e. The number of nitrogens with one attached hydrogen (secondary N) is 1. The topological polar surface area (TPSA) is 12.0 Å². The maximum atomic E-state index is 13.2. The van der Waals surface area contributed by atoms with Crippen molar-refractivity contribution in [3.63, 3.8) is 0 Å². The van der Waals surface area contributed by atoms with Crippen molar-refractivity contribution in [1.29, 1.82) is 0 Å². The minimum absolute atomic E-state index is 0.0536. The third-order valence-electron chi connectivity index (χ3n) is 4.37. The zero-order valence-electron chi connectivity index (χ0n) is 11.2. The largest absolute Gasteiger partial charge is 0.307 e. The van der Waals surface area contributed by atoms with E-state index in [4.69, 9.17) is 0 Å². The molecule has 2 rings (SSSR count). The Balaban J connectivity index is 2.03. The fraction of sp³-hybridized carbons (Fsp3) is 0.600. The van der Waals surface area contributed by atoms with Gasteiger partial charge >= 0.3 is 0 Å². The van der Waals surface area contributed by atoms with E-state index in [1.807, 2.05) is 6.92 Å². The lowest BCUT2D eigenvalue weighted by Crippen LogP contribution is -2.34. The van der Waals surface area contributed by atoms with Gasteiger partial charge in [0.1, 0.15) is 0 Å². The zero-order chi connectivity index (χ0) is 13.3. The van der Waals surface area contributed by atoms with Crippen molar-refractivity contribution in [3.8, 4) is 0 Å². The van der Waals surface area contributed by atoms with Gasteiger partial charge in [0, 0.05) is 12.1 Å². The molecule has 1 nitrogen and oxygen atoms in total. The molecule has 1 aromatic rings. The molecule has 0 aliphatic heterocycles. The van der Waals surface area contributed by atoms with Gasteiger partial charge in [-0.25, -0.2) is 8.78 Å². The molecule has 0 bridgehead atoms. The summed E-state index contributed by atoms with van der Waals surface area (Å²) in [7, 11) is 0. The van der Waals surface area contributed by atoms with Crippen LogP contribution in [0.1, 0.15) is 45.2 Å². The van der Waals surface area contributed by atoms with Crippen LogP contribution in [0.3, 0.4) is 0 Å². The monoisotopic (exact) mass is 253 g/mol. The Morgan fingerprint density at radius 2 is 1.89 bits per heavy atom. The molecule has 1 saturated carbocycles. The number of rotatable bonds is 3. The van der Waals surface area contributed by atoms with E-state index < -0.39 is 11.6 Å². The van der Waals surface area contributed by atoms with Crippen LogP contribution in [-0.2, 0) is 0 Å². The van der Waals surface area contributed by atoms with Crippen molar-refractivity contribution in [2.24, 2.45) is 11.8 Å². The summed E-state index contributed by atoms with van der Waals surface area (Å²) in [5.74, 6) is -0.180. The molecule has 0 heterocycles. The summed E-state index contributed by atoms with van der Waals surface area (Å²) in [6, 6.07) is 4.67. The van der Waals surface area contributed by atoms with E-state index in [0.717, 1.165) is 17.9 Å². The van der Waals surface area contributed by atoms with Crippen LogP contribution in [0, 0.1) is 23.5 Å². The summed E-state index contributed by atoms with van der Waals surface area (Å²) in [6.45, 7) is 6.53. The number of hydrogen-bond donors (Lipinski definition) is 1. The Labute approximate surface area is 108 Å². The Bertz CT molecular complexity index is 419. The molecule has 0 radical (unpaired) electrons. The van der Waals surface area contributed by atoms with E-state index in [1.165, 1.54) is 18.6 Å². The Hall–Kier alpha value is -0.960. The van der Waals surface area contributed by atoms with Gasteiger partial charge in [0.2, 0.25) is 0 Å². The predicted molar refractivity (Wildman–Crippen MR) is 69.3 cm³/mol. The molecule has 0 amide bonds. The van der Waals surface area contributed by atoms with E-state index in [0.29, 0.717) is 12.0 Å². The highest BCUT2D eigenvalue weighted by molar-refractivity contribution is 5.21. The van der Waals surface area contributed by atoms with Gasteiger partial charge in [0.25, 0.3) is 0 Å². The molecule has 18 heavy (non-hydrogen) atoms. The number of benzene rings is 1. The maximum absolute atomic E-state index is 13.2. The van der Waals surface area contributed by atoms with Crippen LogP contribution in [0.15, 0.2) is 18.2 Å². The third kappa shape index (κ3) is 2.72. The first kappa shape index (κ1) is 13.5. The molecule has 0 aromatic heterocycles. The van der Waals surface area contributed by atoms with Crippen molar-refractivity contribution in [2.45, 2.75) is 45.7 Å². The van der Waals surface area contributed by atoms with Gasteiger partial charge < -0.3 is 5.32 Å². The van der Waals surface area contributed by atoms with Gasteiger partial charge in [0.05, 0.1) is 0 Å². The SMILES string of the molecule is CC(NC1CCC(C)C1C)c1ccc(F)c(F)c1. The van der Waals surface area contributed by atoms with Crippen LogP contribution >= 0.6 is 0 Å². The first-order valence-corrected chi connectivity index (χ1v) is 6.70. The van der Waals surface area contributed by atoms with E-state index in [9.17, 15) is 8.78 Å². The predicted octanol–water partition coefficient (Wildman–Crippen LogP) is 4.05. The summed E-state index contributed by atoms with van der Waals surface area (Å²) < 4.78 is 26.1. The second-order valence-corrected chi connectivity index (χ2v) is 5.58. The van der Waals surface area contributed by atoms with Gasteiger partial charge in [-0.05, 0) is 49.3 Å². The fourth-order valence-electron chi connectivity index (χ4n) is 2.80. The normalized spacial score (nSPS) is 29.5. The van der Waals surface area contributed by atoms with Crippen LogP contribution in [-0.4, -0.2) is 6.04 Å². The summed E-state index contributed by atoms with van der Waals surface area (Å²) in [5.41, 5.74) is 0.806. The molecule has 1 N–H and O–H groups in total. The lowest BCUT2D eigenvalue weighted by Gasteiger charge is -2.24. The Morgan fingerprint density at radius 3 is 2.44 bits per heavy atom. The standard InChI is InChI=1S/C15H21F2N/c1-9-4-7-15(10(9)2)18-11(3)12-5-6-13(16)14(17)8-12/h5-6,8-11,15,18H,4,7H2,1-3H3. The summed E-state index contributed by atoms with van der Waals surface area (Å²) in [5, 5.41) is 3.53. The van der Waals surface area contributed by atoms with Crippen molar-refractivity contribution in [2.75, 3.05) is 0 Å². The second-order valence-electron chi connectivity index (χ2n) is 5.58. The Morgan fingerprint density at radius 1 is 1.17 bits per heavy atom. The van der Waals surface area contributed by atoms with Crippen molar-refractivity contribution in [1.82, 2.24) is 5.32 Å². The summed E-state index contributed by atoms with van der Waals surface area (Å²) >= 11 is 0. The van der Waals surface area contributed by atoms with Gasteiger partial charge in [-0.3, -0.25) is 0 Å². The Kier molecular flexibility index (Phi) is 4.00. The fourth-order valence-corrected chi connectivity index (χ4v) is 2.80. The second kappa shape index (κ2) is 5.35. The number of halogens is 2. The molecule has 3 heteroatoms. The first-order valence-electron chi connectivity index (χ1n) is 6.70. The molecule has 1 aromatic carbocycles. The molecular formula is C15H21F2N. The highest BCUT2D eigenvalue weighted by Crippen LogP contribution is 2.32. The third-order valence-corrected chi connectivity index (χ3v) is 4.37. The van der Waals surface area contributed by atoms with E-state index in [2.05, 4.69) is 19.2 Å². The lowest BCUT2D eigenvalue weighted by atomic mass is 9.96. The van der Waals surface area contributed by atoms with Gasteiger partial charge in [0.15, 0.2) is 11.6 Å². The van der Waals surface area contributed by atoms with E-state index >= 15 is 0 Å². The molecule has 0 saturated heterocycles. The average molecular weight is 253 g/mol.